The molecule has 1 aromatic carbocycles. The van der Waals surface area contributed by atoms with Crippen molar-refractivity contribution in [2.45, 2.75) is 13.0 Å². The Morgan fingerprint density at radius 3 is 2.79 bits per heavy atom. The van der Waals surface area contributed by atoms with Crippen molar-refractivity contribution in [3.8, 4) is 0 Å². The van der Waals surface area contributed by atoms with Crippen LogP contribution in [-0.2, 0) is 0 Å². The Kier molecular flexibility index (Phi) is 3.44. The fourth-order valence-electron chi connectivity index (χ4n) is 2.28. The van der Waals surface area contributed by atoms with Crippen LogP contribution in [0.4, 0.5) is 0 Å². The van der Waals surface area contributed by atoms with Gasteiger partial charge >= 0.3 is 0 Å². The summed E-state index contributed by atoms with van der Waals surface area (Å²) in [5.41, 5.74) is 1.98. The van der Waals surface area contributed by atoms with Gasteiger partial charge in [0.05, 0.1) is 23.0 Å². The van der Waals surface area contributed by atoms with Gasteiger partial charge in [-0.25, -0.2) is 0 Å². The molecule has 0 saturated carbocycles. The van der Waals surface area contributed by atoms with Crippen LogP contribution >= 0.6 is 15.9 Å². The highest BCUT2D eigenvalue weighted by molar-refractivity contribution is 9.10. The zero-order valence-electron chi connectivity index (χ0n) is 10.5. The monoisotopic (exact) mass is 319 g/mol. The van der Waals surface area contributed by atoms with Crippen LogP contribution in [0.15, 0.2) is 56.2 Å². The minimum absolute atomic E-state index is 0.0157. The number of fused-ring (bicyclic) bond motifs is 1. The SMILES string of the molecule is CCNC(c1occc1Br)c1coc2ccccc12. The molecule has 3 rings (SSSR count). The van der Waals surface area contributed by atoms with Crippen LogP contribution in [0.3, 0.4) is 0 Å². The Labute approximate surface area is 119 Å². The number of para-hydroxylation sites is 1. The Morgan fingerprint density at radius 1 is 1.21 bits per heavy atom. The van der Waals surface area contributed by atoms with Crippen molar-refractivity contribution in [1.82, 2.24) is 5.32 Å². The first-order chi connectivity index (χ1) is 9.31. The lowest BCUT2D eigenvalue weighted by Crippen LogP contribution is -2.21. The molecule has 3 nitrogen and oxygen atoms in total. The van der Waals surface area contributed by atoms with Crippen molar-refractivity contribution in [3.05, 3.63) is 58.7 Å². The molecule has 0 bridgehead atoms. The molecule has 4 heteroatoms. The molecule has 1 unspecified atom stereocenters. The molecule has 0 aliphatic rings. The van der Waals surface area contributed by atoms with Gasteiger partial charge in [-0.15, -0.1) is 0 Å². The molecule has 1 atom stereocenters. The van der Waals surface area contributed by atoms with E-state index in [9.17, 15) is 0 Å². The van der Waals surface area contributed by atoms with Gasteiger partial charge in [-0.3, -0.25) is 0 Å². The van der Waals surface area contributed by atoms with Crippen molar-refractivity contribution < 1.29 is 8.83 Å². The summed E-state index contributed by atoms with van der Waals surface area (Å²) in [4.78, 5) is 0. The molecule has 98 valence electrons. The summed E-state index contributed by atoms with van der Waals surface area (Å²) in [6.45, 7) is 2.92. The number of furan rings is 2. The van der Waals surface area contributed by atoms with Crippen LogP contribution in [0, 0.1) is 0 Å². The number of nitrogens with one attached hydrogen (secondary N) is 1. The van der Waals surface area contributed by atoms with Gasteiger partial charge in [0.1, 0.15) is 11.3 Å². The predicted molar refractivity (Wildman–Crippen MR) is 78.1 cm³/mol. The second-order valence-corrected chi connectivity index (χ2v) is 5.17. The lowest BCUT2D eigenvalue weighted by molar-refractivity contribution is 0.448. The Balaban J connectivity index is 2.12. The average molecular weight is 320 g/mol. The smallest absolute Gasteiger partial charge is 0.139 e. The molecule has 0 radical (unpaired) electrons. The number of halogens is 1. The summed E-state index contributed by atoms with van der Waals surface area (Å²) in [5.74, 6) is 0.869. The maximum Gasteiger partial charge on any atom is 0.139 e. The van der Waals surface area contributed by atoms with Crippen LogP contribution in [0.25, 0.3) is 11.0 Å². The molecule has 2 aromatic heterocycles. The largest absolute Gasteiger partial charge is 0.466 e. The summed E-state index contributed by atoms with van der Waals surface area (Å²) in [5, 5.41) is 4.54. The molecule has 2 heterocycles. The normalized spacial score (nSPS) is 12.9. The molecule has 3 aromatic rings. The van der Waals surface area contributed by atoms with Gasteiger partial charge in [-0.2, -0.15) is 0 Å². The third kappa shape index (κ3) is 2.22. The fourth-order valence-corrected chi connectivity index (χ4v) is 2.71. The van der Waals surface area contributed by atoms with E-state index >= 15 is 0 Å². The van der Waals surface area contributed by atoms with Gasteiger partial charge in [0.15, 0.2) is 0 Å². The van der Waals surface area contributed by atoms with E-state index < -0.39 is 0 Å². The minimum Gasteiger partial charge on any atom is -0.466 e. The summed E-state index contributed by atoms with van der Waals surface area (Å²) in [6.07, 6.45) is 3.49. The van der Waals surface area contributed by atoms with Crippen molar-refractivity contribution in [1.29, 1.82) is 0 Å². The van der Waals surface area contributed by atoms with Crippen LogP contribution in [0.2, 0.25) is 0 Å². The van der Waals surface area contributed by atoms with E-state index in [1.807, 2.05) is 24.3 Å². The summed E-state index contributed by atoms with van der Waals surface area (Å²) in [7, 11) is 0. The minimum atomic E-state index is -0.0157. The first-order valence-corrected chi connectivity index (χ1v) is 7.03. The summed E-state index contributed by atoms with van der Waals surface area (Å²) >= 11 is 3.52. The van der Waals surface area contributed by atoms with E-state index in [4.69, 9.17) is 8.83 Å². The summed E-state index contributed by atoms with van der Waals surface area (Å²) < 4.78 is 12.2. The van der Waals surface area contributed by atoms with Gasteiger partial charge < -0.3 is 14.2 Å². The lowest BCUT2D eigenvalue weighted by Gasteiger charge is -2.15. The van der Waals surface area contributed by atoms with Crippen molar-refractivity contribution in [2.75, 3.05) is 6.54 Å². The number of benzene rings is 1. The van der Waals surface area contributed by atoms with E-state index in [0.717, 1.165) is 33.3 Å². The van der Waals surface area contributed by atoms with E-state index in [1.54, 1.807) is 12.5 Å². The molecule has 1 N–H and O–H groups in total. The van der Waals surface area contributed by atoms with Crippen molar-refractivity contribution in [2.24, 2.45) is 0 Å². The van der Waals surface area contributed by atoms with E-state index in [-0.39, 0.29) is 6.04 Å². The fraction of sp³-hybridized carbons (Fsp3) is 0.200. The van der Waals surface area contributed by atoms with Crippen LogP contribution in [0.1, 0.15) is 24.3 Å². The maximum absolute atomic E-state index is 5.62. The Bertz CT molecular complexity index is 686. The molecule has 0 saturated heterocycles. The Hall–Kier alpha value is -1.52. The topological polar surface area (TPSA) is 38.3 Å². The van der Waals surface area contributed by atoms with Crippen LogP contribution in [-0.4, -0.2) is 6.54 Å². The molecular weight excluding hydrogens is 306 g/mol. The standard InChI is InChI=1S/C15H14BrNO2/c1-2-17-14(15-12(16)7-8-18-15)11-9-19-13-6-4-3-5-10(11)13/h3-9,14,17H,2H2,1H3. The first kappa shape index (κ1) is 12.5. The quantitative estimate of drug-likeness (QED) is 0.770. The molecule has 0 spiro atoms. The second kappa shape index (κ2) is 5.23. The third-order valence-corrected chi connectivity index (χ3v) is 3.79. The van der Waals surface area contributed by atoms with E-state index in [2.05, 4.69) is 34.2 Å². The van der Waals surface area contributed by atoms with Gasteiger partial charge in [-0.1, -0.05) is 25.1 Å². The molecule has 0 aliphatic heterocycles. The molecule has 19 heavy (non-hydrogen) atoms. The van der Waals surface area contributed by atoms with E-state index in [1.165, 1.54) is 0 Å². The average Bonchev–Trinajstić information content (AvgIpc) is 3.03. The number of rotatable bonds is 4. The van der Waals surface area contributed by atoms with Crippen molar-refractivity contribution >= 4 is 26.9 Å². The lowest BCUT2D eigenvalue weighted by atomic mass is 10.0. The molecule has 0 fully saturated rings. The van der Waals surface area contributed by atoms with Gasteiger partial charge in [0.2, 0.25) is 0 Å². The zero-order valence-corrected chi connectivity index (χ0v) is 12.1. The predicted octanol–water partition coefficient (Wildman–Crippen LogP) is 4.49. The van der Waals surface area contributed by atoms with E-state index in [0.29, 0.717) is 0 Å². The third-order valence-electron chi connectivity index (χ3n) is 3.14. The van der Waals surface area contributed by atoms with Gasteiger partial charge in [0.25, 0.3) is 0 Å². The van der Waals surface area contributed by atoms with Crippen molar-refractivity contribution in [3.63, 3.8) is 0 Å². The number of hydrogen-bond acceptors (Lipinski definition) is 3. The highest BCUT2D eigenvalue weighted by Crippen LogP contribution is 2.34. The maximum atomic E-state index is 5.62. The molecule has 0 aliphatic carbocycles. The second-order valence-electron chi connectivity index (χ2n) is 4.31. The van der Waals surface area contributed by atoms with Gasteiger partial charge in [-0.05, 0) is 34.6 Å². The number of hydrogen-bond donors (Lipinski definition) is 1. The first-order valence-electron chi connectivity index (χ1n) is 6.23. The molecular formula is C15H14BrNO2. The highest BCUT2D eigenvalue weighted by Gasteiger charge is 2.22. The zero-order chi connectivity index (χ0) is 13.2. The van der Waals surface area contributed by atoms with Crippen LogP contribution < -0.4 is 5.32 Å². The van der Waals surface area contributed by atoms with Gasteiger partial charge in [0, 0.05) is 10.9 Å². The highest BCUT2D eigenvalue weighted by atomic mass is 79.9. The Morgan fingerprint density at radius 2 is 2.05 bits per heavy atom. The van der Waals surface area contributed by atoms with Crippen LogP contribution in [0.5, 0.6) is 0 Å². The molecule has 0 amide bonds. The summed E-state index contributed by atoms with van der Waals surface area (Å²) in [6, 6.07) is 9.91.